The van der Waals surface area contributed by atoms with Gasteiger partial charge in [-0.25, -0.2) is 9.97 Å². The Morgan fingerprint density at radius 3 is 2.61 bits per heavy atom. The molecule has 1 aromatic carbocycles. The Hall–Kier alpha value is -3.12. The van der Waals surface area contributed by atoms with Crippen molar-refractivity contribution in [2.75, 3.05) is 13.1 Å². The zero-order valence-electron chi connectivity index (χ0n) is 15.7. The van der Waals surface area contributed by atoms with Crippen LogP contribution in [0.25, 0.3) is 22.8 Å². The SMILES string of the molecule is c1ccc(-c2ncn(C[C@@H](c3ccco3)N3CCCC3)c2-c2ncc[nH]2)cc1. The molecular formula is C22H23N5O. The van der Waals surface area contributed by atoms with Gasteiger partial charge in [0.2, 0.25) is 0 Å². The van der Waals surface area contributed by atoms with Crippen LogP contribution in [0.15, 0.2) is 71.9 Å². The molecule has 1 N–H and O–H groups in total. The second-order valence-electron chi connectivity index (χ2n) is 7.17. The monoisotopic (exact) mass is 373 g/mol. The van der Waals surface area contributed by atoms with Crippen LogP contribution in [0.2, 0.25) is 0 Å². The number of hydrogen-bond donors (Lipinski definition) is 1. The number of nitrogens with one attached hydrogen (secondary N) is 1. The number of furan rings is 1. The molecule has 0 bridgehead atoms. The summed E-state index contributed by atoms with van der Waals surface area (Å²) in [5.74, 6) is 1.83. The van der Waals surface area contributed by atoms with Gasteiger partial charge in [0.15, 0.2) is 5.82 Å². The zero-order chi connectivity index (χ0) is 18.8. The number of aromatic amines is 1. The summed E-state index contributed by atoms with van der Waals surface area (Å²) in [6.45, 7) is 2.97. The van der Waals surface area contributed by atoms with Crippen molar-refractivity contribution in [3.05, 3.63) is 73.2 Å². The standard InChI is InChI=1S/C22H23N5O/c1-2-7-17(8-3-1)20-21(22-23-10-11-24-22)27(16-25-20)15-18(19-9-6-14-28-19)26-12-4-5-13-26/h1-3,6-11,14,16,18H,4-5,12-13,15H2,(H,23,24)/t18-/m0/s1. The highest BCUT2D eigenvalue weighted by Crippen LogP contribution is 2.33. The first-order chi connectivity index (χ1) is 13.9. The maximum Gasteiger partial charge on any atom is 0.156 e. The molecule has 142 valence electrons. The summed E-state index contributed by atoms with van der Waals surface area (Å²) < 4.78 is 8.00. The average molecular weight is 373 g/mol. The Morgan fingerprint density at radius 1 is 1.04 bits per heavy atom. The molecule has 1 atom stereocenters. The van der Waals surface area contributed by atoms with Gasteiger partial charge < -0.3 is 14.0 Å². The van der Waals surface area contributed by atoms with Crippen molar-refractivity contribution in [2.24, 2.45) is 0 Å². The predicted octanol–water partition coefficient (Wildman–Crippen LogP) is 4.37. The van der Waals surface area contributed by atoms with Gasteiger partial charge >= 0.3 is 0 Å². The van der Waals surface area contributed by atoms with Crippen LogP contribution in [0.5, 0.6) is 0 Å². The number of aromatic nitrogens is 4. The van der Waals surface area contributed by atoms with Crippen LogP contribution >= 0.6 is 0 Å². The van der Waals surface area contributed by atoms with Crippen LogP contribution in [0.1, 0.15) is 24.6 Å². The number of hydrogen-bond acceptors (Lipinski definition) is 4. The lowest BCUT2D eigenvalue weighted by Gasteiger charge is -2.26. The van der Waals surface area contributed by atoms with E-state index in [1.54, 1.807) is 12.5 Å². The third kappa shape index (κ3) is 3.16. The van der Waals surface area contributed by atoms with Crippen LogP contribution in [-0.4, -0.2) is 37.5 Å². The topological polar surface area (TPSA) is 62.9 Å². The van der Waals surface area contributed by atoms with E-state index < -0.39 is 0 Å². The van der Waals surface area contributed by atoms with Crippen molar-refractivity contribution in [3.8, 4) is 22.8 Å². The number of rotatable bonds is 6. The minimum absolute atomic E-state index is 0.184. The van der Waals surface area contributed by atoms with Gasteiger partial charge in [0, 0.05) is 24.5 Å². The van der Waals surface area contributed by atoms with Crippen molar-refractivity contribution in [1.29, 1.82) is 0 Å². The summed E-state index contributed by atoms with van der Waals surface area (Å²) >= 11 is 0. The van der Waals surface area contributed by atoms with Crippen molar-refractivity contribution < 1.29 is 4.42 Å². The normalized spacial score (nSPS) is 15.9. The quantitative estimate of drug-likeness (QED) is 0.545. The minimum atomic E-state index is 0.184. The average Bonchev–Trinajstić information content (AvgIpc) is 3.54. The van der Waals surface area contributed by atoms with Gasteiger partial charge in [0.05, 0.1) is 24.3 Å². The molecule has 0 aliphatic carbocycles. The molecule has 0 amide bonds. The Morgan fingerprint density at radius 2 is 1.89 bits per heavy atom. The van der Waals surface area contributed by atoms with Gasteiger partial charge in [-0.3, -0.25) is 4.90 Å². The molecule has 4 aromatic rings. The van der Waals surface area contributed by atoms with E-state index in [0.717, 1.165) is 48.2 Å². The molecular weight excluding hydrogens is 350 g/mol. The Kier molecular flexibility index (Phi) is 4.54. The summed E-state index contributed by atoms with van der Waals surface area (Å²) in [5, 5.41) is 0. The van der Waals surface area contributed by atoms with E-state index in [-0.39, 0.29) is 6.04 Å². The predicted molar refractivity (Wildman–Crippen MR) is 108 cm³/mol. The first kappa shape index (κ1) is 17.0. The fraction of sp³-hybridized carbons (Fsp3) is 0.273. The lowest BCUT2D eigenvalue weighted by atomic mass is 10.1. The highest BCUT2D eigenvalue weighted by Gasteiger charge is 2.28. The third-order valence-electron chi connectivity index (χ3n) is 5.43. The second kappa shape index (κ2) is 7.48. The van der Waals surface area contributed by atoms with Gasteiger partial charge in [0.25, 0.3) is 0 Å². The molecule has 1 aliphatic rings. The molecule has 6 nitrogen and oxygen atoms in total. The van der Waals surface area contributed by atoms with Crippen molar-refractivity contribution in [2.45, 2.75) is 25.4 Å². The lowest BCUT2D eigenvalue weighted by molar-refractivity contribution is 0.194. The summed E-state index contributed by atoms with van der Waals surface area (Å²) in [6, 6.07) is 14.5. The molecule has 6 heteroatoms. The number of benzene rings is 1. The third-order valence-corrected chi connectivity index (χ3v) is 5.43. The molecule has 1 saturated heterocycles. The molecule has 0 radical (unpaired) electrons. The fourth-order valence-electron chi connectivity index (χ4n) is 4.08. The first-order valence-corrected chi connectivity index (χ1v) is 9.78. The largest absolute Gasteiger partial charge is 0.468 e. The number of H-pyrrole nitrogens is 1. The molecule has 4 heterocycles. The van der Waals surface area contributed by atoms with E-state index in [0.29, 0.717) is 0 Å². The van der Waals surface area contributed by atoms with Crippen molar-refractivity contribution in [3.63, 3.8) is 0 Å². The van der Waals surface area contributed by atoms with Gasteiger partial charge in [-0.1, -0.05) is 30.3 Å². The minimum Gasteiger partial charge on any atom is -0.468 e. The molecule has 28 heavy (non-hydrogen) atoms. The van der Waals surface area contributed by atoms with Crippen LogP contribution in [-0.2, 0) is 6.54 Å². The van der Waals surface area contributed by atoms with Crippen molar-refractivity contribution in [1.82, 2.24) is 24.4 Å². The molecule has 3 aromatic heterocycles. The summed E-state index contributed by atoms with van der Waals surface area (Å²) in [7, 11) is 0. The van der Waals surface area contributed by atoms with Gasteiger partial charge in [-0.2, -0.15) is 0 Å². The second-order valence-corrected chi connectivity index (χ2v) is 7.17. The number of imidazole rings is 2. The molecule has 0 spiro atoms. The molecule has 5 rings (SSSR count). The van der Waals surface area contributed by atoms with E-state index in [9.17, 15) is 0 Å². The van der Waals surface area contributed by atoms with Crippen LogP contribution in [0.3, 0.4) is 0 Å². The Bertz CT molecular complexity index is 999. The molecule has 1 aliphatic heterocycles. The first-order valence-electron chi connectivity index (χ1n) is 9.78. The maximum absolute atomic E-state index is 5.80. The van der Waals surface area contributed by atoms with E-state index in [4.69, 9.17) is 9.40 Å². The van der Waals surface area contributed by atoms with Gasteiger partial charge in [-0.15, -0.1) is 0 Å². The van der Waals surface area contributed by atoms with E-state index >= 15 is 0 Å². The molecule has 1 fully saturated rings. The number of nitrogens with zero attached hydrogens (tertiary/aromatic N) is 4. The van der Waals surface area contributed by atoms with Gasteiger partial charge in [0.1, 0.15) is 11.5 Å². The molecule has 0 saturated carbocycles. The Labute approximate surface area is 163 Å². The highest BCUT2D eigenvalue weighted by molar-refractivity contribution is 5.75. The van der Waals surface area contributed by atoms with Crippen LogP contribution in [0.4, 0.5) is 0 Å². The lowest BCUT2D eigenvalue weighted by Crippen LogP contribution is -2.29. The van der Waals surface area contributed by atoms with E-state index in [1.807, 2.05) is 36.8 Å². The smallest absolute Gasteiger partial charge is 0.156 e. The summed E-state index contributed by atoms with van der Waals surface area (Å²) in [6.07, 6.45) is 9.79. The van der Waals surface area contributed by atoms with Crippen molar-refractivity contribution >= 4 is 0 Å². The zero-order valence-corrected chi connectivity index (χ0v) is 15.7. The highest BCUT2D eigenvalue weighted by atomic mass is 16.3. The van der Waals surface area contributed by atoms with E-state index in [2.05, 4.69) is 37.6 Å². The maximum atomic E-state index is 5.80. The van der Waals surface area contributed by atoms with Crippen LogP contribution in [0, 0.1) is 0 Å². The van der Waals surface area contributed by atoms with E-state index in [1.165, 1.54) is 12.8 Å². The van der Waals surface area contributed by atoms with Crippen LogP contribution < -0.4 is 0 Å². The number of likely N-dealkylation sites (tertiary alicyclic amines) is 1. The fourth-order valence-corrected chi connectivity index (χ4v) is 4.08. The Balaban J connectivity index is 1.57. The summed E-state index contributed by atoms with van der Waals surface area (Å²) in [5.41, 5.74) is 3.03. The van der Waals surface area contributed by atoms with Gasteiger partial charge in [-0.05, 0) is 38.1 Å². The summed E-state index contributed by atoms with van der Waals surface area (Å²) in [4.78, 5) is 15.0. The molecule has 0 unspecified atom stereocenters.